The number of hydrogen-bond donors (Lipinski definition) is 2. The number of hydrogen-bond acceptors (Lipinski definition) is 5. The van der Waals surface area contributed by atoms with Crippen LogP contribution < -0.4 is 5.32 Å². The monoisotopic (exact) mass is 477 g/mol. The summed E-state index contributed by atoms with van der Waals surface area (Å²) in [6.07, 6.45) is 6.88. The summed E-state index contributed by atoms with van der Waals surface area (Å²) in [5.74, 6) is -0.255. The van der Waals surface area contributed by atoms with E-state index in [2.05, 4.69) is 5.32 Å². The number of carbonyl (C=O) groups is 2. The zero-order valence-corrected chi connectivity index (χ0v) is 19.7. The number of rotatable bonds is 7. The van der Waals surface area contributed by atoms with Gasteiger partial charge < -0.3 is 15.3 Å². The van der Waals surface area contributed by atoms with E-state index in [1.807, 2.05) is 29.2 Å². The van der Waals surface area contributed by atoms with Crippen LogP contribution in [0.5, 0.6) is 0 Å². The Morgan fingerprint density at radius 1 is 1.03 bits per heavy atom. The Morgan fingerprint density at radius 2 is 1.69 bits per heavy atom. The molecule has 2 atom stereocenters. The third-order valence-corrected chi connectivity index (χ3v) is 7.82. The van der Waals surface area contributed by atoms with E-state index in [0.29, 0.717) is 5.56 Å². The topological polar surface area (TPSA) is 113 Å². The molecule has 3 aliphatic rings. The lowest BCUT2D eigenvalue weighted by molar-refractivity contribution is -0.384. The molecule has 2 amide bonds. The Kier molecular flexibility index (Phi) is 6.32. The van der Waals surface area contributed by atoms with Gasteiger partial charge in [0, 0.05) is 30.6 Å². The van der Waals surface area contributed by atoms with Crippen molar-refractivity contribution in [1.29, 1.82) is 0 Å². The molecule has 1 saturated heterocycles. The first-order valence-corrected chi connectivity index (χ1v) is 12.5. The van der Waals surface area contributed by atoms with Crippen LogP contribution in [-0.4, -0.2) is 38.8 Å². The molecule has 1 heterocycles. The number of aliphatic hydroxyl groups is 1. The maximum absolute atomic E-state index is 14.1. The predicted molar refractivity (Wildman–Crippen MR) is 129 cm³/mol. The SMILES string of the molecule is O=C1C[C@@](C(=O)NC2CC2)(c2ccc([N+](=O)[O-])cc2)[C@@H](c2ccc(CO)cc2)N1C1CCCCC1. The van der Waals surface area contributed by atoms with Crippen molar-refractivity contribution in [2.75, 3.05) is 0 Å². The minimum atomic E-state index is -1.20. The van der Waals surface area contributed by atoms with Crippen LogP contribution in [0.2, 0.25) is 0 Å². The van der Waals surface area contributed by atoms with E-state index in [1.165, 1.54) is 12.1 Å². The molecule has 2 N–H and O–H groups in total. The van der Waals surface area contributed by atoms with E-state index in [9.17, 15) is 24.8 Å². The van der Waals surface area contributed by atoms with Gasteiger partial charge in [0.1, 0.15) is 5.41 Å². The maximum atomic E-state index is 14.1. The van der Waals surface area contributed by atoms with Gasteiger partial charge in [-0.25, -0.2) is 0 Å². The Hall–Kier alpha value is -3.26. The molecule has 0 aromatic heterocycles. The number of carbonyl (C=O) groups excluding carboxylic acids is 2. The summed E-state index contributed by atoms with van der Waals surface area (Å²) < 4.78 is 0. The van der Waals surface area contributed by atoms with Gasteiger partial charge in [0.2, 0.25) is 11.8 Å². The van der Waals surface area contributed by atoms with Gasteiger partial charge in [-0.05, 0) is 42.4 Å². The van der Waals surface area contributed by atoms with Gasteiger partial charge in [-0.2, -0.15) is 0 Å². The van der Waals surface area contributed by atoms with Crippen molar-refractivity contribution in [3.8, 4) is 0 Å². The standard InChI is InChI=1S/C27H31N3O5/c31-17-18-6-8-19(9-7-18)25-27(26(33)28-21-12-13-21,20-10-14-23(15-11-20)30(34)35)16-24(32)29(25)22-4-2-1-3-5-22/h6-11,14-15,21-22,25,31H,1-5,12-13,16-17H2,(H,28,33)/t25-,27-/m1/s1. The molecule has 0 unspecified atom stereocenters. The molecule has 2 aromatic carbocycles. The van der Waals surface area contributed by atoms with E-state index in [-0.39, 0.29) is 42.6 Å². The molecule has 1 aliphatic heterocycles. The Bertz CT molecular complexity index is 1110. The van der Waals surface area contributed by atoms with Crippen molar-refractivity contribution in [2.24, 2.45) is 0 Å². The van der Waals surface area contributed by atoms with Crippen LogP contribution in [0.25, 0.3) is 0 Å². The minimum Gasteiger partial charge on any atom is -0.392 e. The van der Waals surface area contributed by atoms with Crippen molar-refractivity contribution in [2.45, 2.75) is 81.5 Å². The smallest absolute Gasteiger partial charge is 0.269 e. The molecule has 0 radical (unpaired) electrons. The Balaban J connectivity index is 1.67. The van der Waals surface area contributed by atoms with E-state index < -0.39 is 16.4 Å². The summed E-state index contributed by atoms with van der Waals surface area (Å²) in [6.45, 7) is -0.0914. The molecule has 3 fully saturated rings. The number of nitro benzene ring substituents is 1. The number of nitro groups is 1. The van der Waals surface area contributed by atoms with E-state index in [1.54, 1.807) is 12.1 Å². The van der Waals surface area contributed by atoms with Crippen LogP contribution in [0.3, 0.4) is 0 Å². The van der Waals surface area contributed by atoms with Crippen LogP contribution in [0, 0.1) is 10.1 Å². The van der Waals surface area contributed by atoms with Crippen LogP contribution in [0.15, 0.2) is 48.5 Å². The predicted octanol–water partition coefficient (Wildman–Crippen LogP) is 3.91. The van der Waals surface area contributed by atoms with Gasteiger partial charge in [0.25, 0.3) is 5.69 Å². The number of non-ortho nitro benzene ring substituents is 1. The summed E-state index contributed by atoms with van der Waals surface area (Å²) in [5, 5.41) is 24.0. The largest absolute Gasteiger partial charge is 0.392 e. The number of nitrogens with zero attached hydrogens (tertiary/aromatic N) is 2. The molecule has 0 spiro atoms. The highest BCUT2D eigenvalue weighted by Gasteiger charge is 2.60. The molecular formula is C27H31N3O5. The molecule has 0 bridgehead atoms. The highest BCUT2D eigenvalue weighted by atomic mass is 16.6. The van der Waals surface area contributed by atoms with Crippen molar-refractivity contribution in [1.82, 2.24) is 10.2 Å². The second-order valence-electron chi connectivity index (χ2n) is 10.1. The van der Waals surface area contributed by atoms with E-state index >= 15 is 0 Å². The van der Waals surface area contributed by atoms with Crippen molar-refractivity contribution in [3.05, 3.63) is 75.3 Å². The number of nitrogens with one attached hydrogen (secondary N) is 1. The van der Waals surface area contributed by atoms with Gasteiger partial charge in [-0.15, -0.1) is 0 Å². The highest BCUT2D eigenvalue weighted by molar-refractivity contribution is 5.98. The summed E-state index contributed by atoms with van der Waals surface area (Å²) >= 11 is 0. The summed E-state index contributed by atoms with van der Waals surface area (Å²) in [4.78, 5) is 40.6. The quantitative estimate of drug-likeness (QED) is 0.464. The zero-order chi connectivity index (χ0) is 24.6. The first kappa shape index (κ1) is 23.5. The second kappa shape index (κ2) is 9.41. The fraction of sp³-hybridized carbons (Fsp3) is 0.481. The average Bonchev–Trinajstić information content (AvgIpc) is 3.64. The van der Waals surface area contributed by atoms with Crippen molar-refractivity contribution < 1.29 is 19.6 Å². The van der Waals surface area contributed by atoms with Gasteiger partial charge in [-0.1, -0.05) is 55.7 Å². The maximum Gasteiger partial charge on any atom is 0.269 e. The number of aliphatic hydroxyl groups excluding tert-OH is 1. The molecule has 2 aromatic rings. The van der Waals surface area contributed by atoms with Gasteiger partial charge in [0.15, 0.2) is 0 Å². The van der Waals surface area contributed by atoms with Crippen LogP contribution >= 0.6 is 0 Å². The number of benzene rings is 2. The first-order chi connectivity index (χ1) is 16.9. The molecule has 2 saturated carbocycles. The van der Waals surface area contributed by atoms with E-state index in [4.69, 9.17) is 0 Å². The second-order valence-corrected chi connectivity index (χ2v) is 10.1. The third-order valence-electron chi connectivity index (χ3n) is 7.82. The first-order valence-electron chi connectivity index (χ1n) is 12.5. The zero-order valence-electron chi connectivity index (χ0n) is 19.7. The van der Waals surface area contributed by atoms with Gasteiger partial charge in [-0.3, -0.25) is 19.7 Å². The summed E-state index contributed by atoms with van der Waals surface area (Å²) in [5.41, 5.74) is 0.953. The summed E-state index contributed by atoms with van der Waals surface area (Å²) in [7, 11) is 0. The fourth-order valence-electron chi connectivity index (χ4n) is 5.85. The average molecular weight is 478 g/mol. The molecule has 8 nitrogen and oxygen atoms in total. The minimum absolute atomic E-state index is 0.0201. The lowest BCUT2D eigenvalue weighted by Gasteiger charge is -2.41. The molecule has 5 rings (SSSR count). The molecule has 2 aliphatic carbocycles. The van der Waals surface area contributed by atoms with Crippen LogP contribution in [0.1, 0.15) is 74.1 Å². The van der Waals surface area contributed by atoms with Crippen LogP contribution in [-0.2, 0) is 21.6 Å². The lowest BCUT2D eigenvalue weighted by atomic mass is 9.70. The Labute approximate surface area is 204 Å². The molecule has 184 valence electrons. The van der Waals surface area contributed by atoms with Crippen molar-refractivity contribution >= 4 is 17.5 Å². The normalized spacial score (nSPS) is 25.0. The van der Waals surface area contributed by atoms with Gasteiger partial charge in [0.05, 0.1) is 17.6 Å². The third kappa shape index (κ3) is 4.31. The lowest BCUT2D eigenvalue weighted by Crippen LogP contribution is -2.50. The molecular weight excluding hydrogens is 446 g/mol. The Morgan fingerprint density at radius 3 is 2.26 bits per heavy atom. The number of likely N-dealkylation sites (tertiary alicyclic amines) is 1. The molecule has 35 heavy (non-hydrogen) atoms. The van der Waals surface area contributed by atoms with Gasteiger partial charge >= 0.3 is 0 Å². The fourth-order valence-corrected chi connectivity index (χ4v) is 5.85. The summed E-state index contributed by atoms with van der Waals surface area (Å²) in [6, 6.07) is 13.2. The van der Waals surface area contributed by atoms with Crippen LogP contribution in [0.4, 0.5) is 5.69 Å². The highest BCUT2D eigenvalue weighted by Crippen LogP contribution is 2.52. The van der Waals surface area contributed by atoms with Crippen molar-refractivity contribution in [3.63, 3.8) is 0 Å². The van der Waals surface area contributed by atoms with E-state index in [0.717, 1.165) is 56.1 Å². The number of amides is 2. The molecule has 8 heteroatoms.